The van der Waals surface area contributed by atoms with Crippen LogP contribution < -0.4 is 10.1 Å². The van der Waals surface area contributed by atoms with Crippen molar-refractivity contribution in [3.8, 4) is 5.75 Å². The first-order valence-electron chi connectivity index (χ1n) is 13.6. The molecule has 36 heavy (non-hydrogen) atoms. The lowest BCUT2D eigenvalue weighted by atomic mass is 9.70. The number of benzene rings is 2. The fraction of sp³-hybridized carbons (Fsp3) is 0.533. The molecule has 2 saturated heterocycles. The molecule has 2 aromatic rings. The number of hydrogen-bond acceptors (Lipinski definition) is 4. The Kier molecular flexibility index (Phi) is 7.61. The molecule has 0 spiro atoms. The second-order valence-electron chi connectivity index (χ2n) is 10.8. The molecule has 2 amide bonds. The minimum absolute atomic E-state index is 0.0105. The highest BCUT2D eigenvalue weighted by Crippen LogP contribution is 2.39. The molecular weight excluding hydrogens is 450 g/mol. The number of ether oxygens (including phenoxy) is 1. The van der Waals surface area contributed by atoms with E-state index in [0.29, 0.717) is 36.9 Å². The summed E-state index contributed by atoms with van der Waals surface area (Å²) in [6.45, 7) is 9.21. The largest absolute Gasteiger partial charge is 0.493 e. The van der Waals surface area contributed by atoms with Crippen LogP contribution in [-0.2, 0) is 17.8 Å². The molecule has 3 heterocycles. The number of piperidine rings is 2. The fourth-order valence-corrected chi connectivity index (χ4v) is 6.56. The van der Waals surface area contributed by atoms with Gasteiger partial charge in [0.25, 0.3) is 5.91 Å². The van der Waals surface area contributed by atoms with E-state index in [9.17, 15) is 9.59 Å². The van der Waals surface area contributed by atoms with E-state index in [1.54, 1.807) is 6.92 Å². The van der Waals surface area contributed by atoms with E-state index in [2.05, 4.69) is 47.5 Å². The van der Waals surface area contributed by atoms with E-state index >= 15 is 0 Å². The smallest absolute Gasteiger partial charge is 0.252 e. The maximum atomic E-state index is 12.1. The van der Waals surface area contributed by atoms with E-state index in [4.69, 9.17) is 4.74 Å². The Balaban J connectivity index is 1.28. The minimum Gasteiger partial charge on any atom is -0.493 e. The molecule has 3 aliphatic rings. The molecule has 192 valence electrons. The normalized spacial score (nSPS) is 24.9. The Hall–Kier alpha value is -2.86. The molecule has 0 aromatic heterocycles. The van der Waals surface area contributed by atoms with E-state index < -0.39 is 0 Å². The Morgan fingerprint density at radius 1 is 1.06 bits per heavy atom. The van der Waals surface area contributed by atoms with Crippen molar-refractivity contribution in [1.29, 1.82) is 0 Å². The maximum Gasteiger partial charge on any atom is 0.252 e. The van der Waals surface area contributed by atoms with Crippen LogP contribution in [-0.4, -0.2) is 60.4 Å². The van der Waals surface area contributed by atoms with Crippen molar-refractivity contribution in [2.75, 3.05) is 32.8 Å². The summed E-state index contributed by atoms with van der Waals surface area (Å²) in [4.78, 5) is 28.6. The zero-order valence-corrected chi connectivity index (χ0v) is 21.6. The molecule has 6 nitrogen and oxygen atoms in total. The summed E-state index contributed by atoms with van der Waals surface area (Å²) < 4.78 is 6.41. The highest BCUT2D eigenvalue weighted by atomic mass is 16.5. The Morgan fingerprint density at radius 2 is 1.83 bits per heavy atom. The SMILES string of the molecule is CC(=O)N1CCC(C2CCN(CCc3ccccc3)C(C)C2COc2ccc3c(c2)C(=O)NC3)CC1. The van der Waals surface area contributed by atoms with Crippen LogP contribution in [0.4, 0.5) is 0 Å². The first-order chi connectivity index (χ1) is 17.5. The third-order valence-corrected chi connectivity index (χ3v) is 8.82. The van der Waals surface area contributed by atoms with E-state index in [0.717, 1.165) is 62.3 Å². The van der Waals surface area contributed by atoms with Crippen molar-refractivity contribution >= 4 is 11.8 Å². The van der Waals surface area contributed by atoms with Gasteiger partial charge >= 0.3 is 0 Å². The van der Waals surface area contributed by atoms with Gasteiger partial charge in [0.2, 0.25) is 5.91 Å². The molecule has 0 saturated carbocycles. The second kappa shape index (κ2) is 11.0. The van der Waals surface area contributed by atoms with Gasteiger partial charge < -0.3 is 15.0 Å². The molecular formula is C30H39N3O3. The van der Waals surface area contributed by atoms with Crippen molar-refractivity contribution in [2.45, 2.75) is 52.1 Å². The summed E-state index contributed by atoms with van der Waals surface area (Å²) in [5, 5.41) is 2.89. The minimum atomic E-state index is -0.0105. The predicted molar refractivity (Wildman–Crippen MR) is 141 cm³/mol. The van der Waals surface area contributed by atoms with Crippen molar-refractivity contribution in [3.63, 3.8) is 0 Å². The summed E-state index contributed by atoms with van der Waals surface area (Å²) in [7, 11) is 0. The number of nitrogens with one attached hydrogen (secondary N) is 1. The zero-order chi connectivity index (χ0) is 25.1. The third kappa shape index (κ3) is 5.44. The van der Waals surface area contributed by atoms with Crippen molar-refractivity contribution in [3.05, 3.63) is 65.2 Å². The molecule has 3 unspecified atom stereocenters. The van der Waals surface area contributed by atoms with Crippen molar-refractivity contribution in [2.24, 2.45) is 17.8 Å². The number of amides is 2. The molecule has 5 rings (SSSR count). The van der Waals surface area contributed by atoms with Crippen LogP contribution in [0.25, 0.3) is 0 Å². The average molecular weight is 490 g/mol. The van der Waals surface area contributed by atoms with Crippen molar-refractivity contribution < 1.29 is 14.3 Å². The summed E-state index contributed by atoms with van der Waals surface area (Å²) in [5.41, 5.74) is 3.16. The third-order valence-electron chi connectivity index (χ3n) is 8.82. The highest BCUT2D eigenvalue weighted by Gasteiger charge is 2.40. The average Bonchev–Trinajstić information content (AvgIpc) is 3.27. The van der Waals surface area contributed by atoms with Gasteiger partial charge in [-0.1, -0.05) is 36.4 Å². The van der Waals surface area contributed by atoms with Gasteiger partial charge in [0, 0.05) is 50.6 Å². The number of nitrogens with zero attached hydrogens (tertiary/aromatic N) is 2. The van der Waals surface area contributed by atoms with Gasteiger partial charge in [-0.2, -0.15) is 0 Å². The monoisotopic (exact) mass is 489 g/mol. The zero-order valence-electron chi connectivity index (χ0n) is 21.6. The van der Waals surface area contributed by atoms with Crippen LogP contribution in [0.3, 0.4) is 0 Å². The lowest BCUT2D eigenvalue weighted by molar-refractivity contribution is -0.130. The first kappa shape index (κ1) is 24.8. The Labute approximate surface area is 215 Å². The van der Waals surface area contributed by atoms with Crippen LogP contribution in [0.5, 0.6) is 5.75 Å². The molecule has 2 aromatic carbocycles. The van der Waals surface area contributed by atoms with Crippen LogP contribution in [0, 0.1) is 17.8 Å². The van der Waals surface area contributed by atoms with Gasteiger partial charge in [-0.15, -0.1) is 0 Å². The fourth-order valence-electron chi connectivity index (χ4n) is 6.56. The lowest BCUT2D eigenvalue weighted by Gasteiger charge is -2.48. The van der Waals surface area contributed by atoms with Crippen LogP contribution in [0.1, 0.15) is 54.6 Å². The van der Waals surface area contributed by atoms with Gasteiger partial charge in [-0.25, -0.2) is 0 Å². The van der Waals surface area contributed by atoms with Gasteiger partial charge in [-0.05, 0) is 74.2 Å². The molecule has 6 heteroatoms. The van der Waals surface area contributed by atoms with E-state index in [1.165, 1.54) is 12.0 Å². The molecule has 3 aliphatic heterocycles. The highest BCUT2D eigenvalue weighted by molar-refractivity contribution is 5.98. The number of likely N-dealkylation sites (tertiary alicyclic amines) is 2. The topological polar surface area (TPSA) is 61.9 Å². The lowest BCUT2D eigenvalue weighted by Crippen LogP contribution is -2.53. The van der Waals surface area contributed by atoms with Gasteiger partial charge in [-0.3, -0.25) is 14.5 Å². The Bertz CT molecular complexity index is 1060. The number of carbonyl (C=O) groups excluding carboxylic acids is 2. The first-order valence-corrected chi connectivity index (χ1v) is 13.6. The molecule has 2 fully saturated rings. The molecule has 0 radical (unpaired) electrons. The van der Waals surface area contributed by atoms with Crippen LogP contribution >= 0.6 is 0 Å². The summed E-state index contributed by atoms with van der Waals surface area (Å²) in [5.74, 6) is 2.58. The second-order valence-corrected chi connectivity index (χ2v) is 10.8. The molecule has 1 N–H and O–H groups in total. The number of fused-ring (bicyclic) bond motifs is 1. The number of rotatable bonds is 7. The van der Waals surface area contributed by atoms with Gasteiger partial charge in [0.15, 0.2) is 0 Å². The van der Waals surface area contributed by atoms with Crippen molar-refractivity contribution in [1.82, 2.24) is 15.1 Å². The molecule has 3 atom stereocenters. The summed E-state index contributed by atoms with van der Waals surface area (Å²) >= 11 is 0. The summed E-state index contributed by atoms with van der Waals surface area (Å²) in [6, 6.07) is 17.1. The van der Waals surface area contributed by atoms with Gasteiger partial charge in [0.1, 0.15) is 5.75 Å². The Morgan fingerprint density at radius 3 is 2.58 bits per heavy atom. The van der Waals surface area contributed by atoms with Gasteiger partial charge in [0.05, 0.1) is 6.61 Å². The quantitative estimate of drug-likeness (QED) is 0.635. The molecule has 0 bridgehead atoms. The van der Waals surface area contributed by atoms with E-state index in [-0.39, 0.29) is 11.8 Å². The predicted octanol–water partition coefficient (Wildman–Crippen LogP) is 4.14. The van der Waals surface area contributed by atoms with E-state index in [1.807, 2.05) is 23.1 Å². The number of carbonyl (C=O) groups is 2. The summed E-state index contributed by atoms with van der Waals surface area (Å²) in [6.07, 6.45) is 4.39. The maximum absolute atomic E-state index is 12.1. The van der Waals surface area contributed by atoms with Crippen LogP contribution in [0.2, 0.25) is 0 Å². The van der Waals surface area contributed by atoms with Crippen LogP contribution in [0.15, 0.2) is 48.5 Å². The number of hydrogen-bond donors (Lipinski definition) is 1. The molecule has 0 aliphatic carbocycles. The standard InChI is InChI=1S/C30H39N3O3/c1-21-29(20-36-26-9-8-25-19-31-30(35)28(25)18-26)27(24-11-15-33(16-12-24)22(2)34)13-17-32(21)14-10-23-6-4-3-5-7-23/h3-9,18,21,24,27,29H,10-17,19-20H2,1-2H3,(H,31,35).